The molecular formula is C26H32N6O. The molecule has 172 valence electrons. The number of H-pyrrole nitrogens is 1. The number of carbonyl (C=O) groups excluding carboxylic acids is 1. The third-order valence-electron chi connectivity index (χ3n) is 6.94. The van der Waals surface area contributed by atoms with Gasteiger partial charge in [-0.3, -0.25) is 4.79 Å². The molecule has 1 aliphatic heterocycles. The summed E-state index contributed by atoms with van der Waals surface area (Å²) in [6.45, 7) is 8.67. The Hall–Kier alpha value is -3.19. The first-order valence-corrected chi connectivity index (χ1v) is 11.8. The van der Waals surface area contributed by atoms with Crippen molar-refractivity contribution in [1.82, 2.24) is 29.8 Å². The first-order chi connectivity index (χ1) is 16.0. The van der Waals surface area contributed by atoms with E-state index in [1.54, 1.807) is 6.33 Å². The number of aromatic amines is 1. The van der Waals surface area contributed by atoms with Crippen molar-refractivity contribution in [3.05, 3.63) is 53.5 Å². The maximum absolute atomic E-state index is 12.2. The van der Waals surface area contributed by atoms with Crippen LogP contribution in [0.1, 0.15) is 55.2 Å². The van der Waals surface area contributed by atoms with Gasteiger partial charge in [-0.15, -0.1) is 0 Å². The van der Waals surface area contributed by atoms with E-state index in [0.717, 1.165) is 53.9 Å². The normalized spacial score (nSPS) is 15.2. The average Bonchev–Trinajstić information content (AvgIpc) is 3.44. The Bertz CT molecular complexity index is 1310. The van der Waals surface area contributed by atoms with Crippen LogP contribution in [0.15, 0.2) is 36.8 Å². The third kappa shape index (κ3) is 3.91. The average molecular weight is 445 g/mol. The van der Waals surface area contributed by atoms with Gasteiger partial charge in [-0.1, -0.05) is 19.9 Å². The van der Waals surface area contributed by atoms with Crippen molar-refractivity contribution < 1.29 is 4.79 Å². The molecule has 5 rings (SSSR count). The number of piperidine rings is 1. The highest BCUT2D eigenvalue weighted by Crippen LogP contribution is 2.38. The zero-order valence-corrected chi connectivity index (χ0v) is 19.9. The Morgan fingerprint density at radius 1 is 1.24 bits per heavy atom. The molecule has 1 saturated heterocycles. The number of benzene rings is 1. The summed E-state index contributed by atoms with van der Waals surface area (Å²) in [7, 11) is 1.82. The van der Waals surface area contributed by atoms with Gasteiger partial charge in [-0.2, -0.15) is 5.10 Å². The maximum atomic E-state index is 12.2. The van der Waals surface area contributed by atoms with E-state index >= 15 is 0 Å². The standard InChI is InChI=1S/C26H32N6O/c1-16(2)24-21-12-19(18-7-9-31(10-8-18)23(33)13-27-4)5-6-22(21)30-25(24)20-11-17(3)26-28-15-29-32(26)14-20/h5-6,11-12,14-16,18,27,30H,7-10,13H2,1-4H3. The second-order valence-corrected chi connectivity index (χ2v) is 9.50. The largest absolute Gasteiger partial charge is 0.354 e. The Kier molecular flexibility index (Phi) is 5.66. The highest BCUT2D eigenvalue weighted by Gasteiger charge is 2.25. The molecule has 3 aromatic heterocycles. The zero-order chi connectivity index (χ0) is 23.1. The van der Waals surface area contributed by atoms with Crippen molar-refractivity contribution in [2.24, 2.45) is 0 Å². The number of rotatable bonds is 5. The van der Waals surface area contributed by atoms with Crippen LogP contribution in [0.2, 0.25) is 0 Å². The maximum Gasteiger partial charge on any atom is 0.236 e. The van der Waals surface area contributed by atoms with Gasteiger partial charge < -0.3 is 15.2 Å². The molecule has 4 heterocycles. The predicted octanol–water partition coefficient (Wildman–Crippen LogP) is 4.23. The number of pyridine rings is 1. The molecule has 0 radical (unpaired) electrons. The molecule has 0 bridgehead atoms. The number of likely N-dealkylation sites (tertiary alicyclic amines) is 1. The molecule has 7 heteroatoms. The molecular weight excluding hydrogens is 412 g/mol. The number of hydrogen-bond acceptors (Lipinski definition) is 4. The number of carbonyl (C=O) groups is 1. The lowest BCUT2D eigenvalue weighted by Crippen LogP contribution is -2.41. The lowest BCUT2D eigenvalue weighted by atomic mass is 9.87. The van der Waals surface area contributed by atoms with E-state index in [2.05, 4.69) is 71.6 Å². The number of nitrogens with zero attached hydrogens (tertiary/aromatic N) is 4. The SMILES string of the molecule is CNCC(=O)N1CCC(c2ccc3[nH]c(-c4cc(C)c5ncnn5c4)c(C(C)C)c3c2)CC1. The van der Waals surface area contributed by atoms with Crippen LogP contribution in [0.3, 0.4) is 0 Å². The summed E-state index contributed by atoms with van der Waals surface area (Å²) in [4.78, 5) is 22.2. The molecule has 1 aromatic carbocycles. The predicted molar refractivity (Wildman–Crippen MR) is 132 cm³/mol. The second-order valence-electron chi connectivity index (χ2n) is 9.50. The van der Waals surface area contributed by atoms with Gasteiger partial charge in [-0.25, -0.2) is 9.50 Å². The van der Waals surface area contributed by atoms with Crippen LogP contribution < -0.4 is 5.32 Å². The summed E-state index contributed by atoms with van der Waals surface area (Å²) in [6.07, 6.45) is 5.68. The minimum absolute atomic E-state index is 0.198. The monoisotopic (exact) mass is 444 g/mol. The highest BCUT2D eigenvalue weighted by atomic mass is 16.2. The van der Waals surface area contributed by atoms with Gasteiger partial charge in [0.15, 0.2) is 5.65 Å². The molecule has 33 heavy (non-hydrogen) atoms. The highest BCUT2D eigenvalue weighted by molar-refractivity contribution is 5.92. The molecule has 0 aliphatic carbocycles. The summed E-state index contributed by atoms with van der Waals surface area (Å²) in [5.41, 5.74) is 8.16. The smallest absolute Gasteiger partial charge is 0.236 e. The van der Waals surface area contributed by atoms with E-state index in [0.29, 0.717) is 18.4 Å². The Balaban J connectivity index is 1.50. The van der Waals surface area contributed by atoms with E-state index < -0.39 is 0 Å². The number of hydrogen-bond donors (Lipinski definition) is 2. The van der Waals surface area contributed by atoms with Crippen LogP contribution in [0, 0.1) is 6.92 Å². The Morgan fingerprint density at radius 3 is 2.76 bits per heavy atom. The van der Waals surface area contributed by atoms with E-state index in [1.165, 1.54) is 16.5 Å². The third-order valence-corrected chi connectivity index (χ3v) is 6.94. The van der Waals surface area contributed by atoms with E-state index in [4.69, 9.17) is 0 Å². The molecule has 1 aliphatic rings. The lowest BCUT2D eigenvalue weighted by Gasteiger charge is -2.32. The van der Waals surface area contributed by atoms with Gasteiger partial charge >= 0.3 is 0 Å². The van der Waals surface area contributed by atoms with Crippen LogP contribution in [0.5, 0.6) is 0 Å². The van der Waals surface area contributed by atoms with Crippen molar-refractivity contribution in [3.8, 4) is 11.3 Å². The molecule has 1 amide bonds. The summed E-state index contributed by atoms with van der Waals surface area (Å²) in [5.74, 6) is 1.06. The van der Waals surface area contributed by atoms with Gasteiger partial charge in [0, 0.05) is 35.8 Å². The molecule has 0 saturated carbocycles. The Labute approximate surface area is 194 Å². The van der Waals surface area contributed by atoms with Crippen molar-refractivity contribution in [2.45, 2.75) is 45.4 Å². The van der Waals surface area contributed by atoms with Gasteiger partial charge in [0.2, 0.25) is 5.91 Å². The Morgan fingerprint density at radius 2 is 2.03 bits per heavy atom. The van der Waals surface area contributed by atoms with E-state index in [9.17, 15) is 4.79 Å². The van der Waals surface area contributed by atoms with Crippen LogP contribution >= 0.6 is 0 Å². The first-order valence-electron chi connectivity index (χ1n) is 11.8. The molecule has 0 atom stereocenters. The van der Waals surface area contributed by atoms with Crippen LogP contribution in [-0.4, -0.2) is 57.1 Å². The number of fused-ring (bicyclic) bond motifs is 2. The van der Waals surface area contributed by atoms with E-state index in [1.807, 2.05) is 16.5 Å². The van der Waals surface area contributed by atoms with Crippen molar-refractivity contribution >= 4 is 22.5 Å². The zero-order valence-electron chi connectivity index (χ0n) is 19.9. The van der Waals surface area contributed by atoms with Crippen molar-refractivity contribution in [1.29, 1.82) is 0 Å². The number of amides is 1. The fraction of sp³-hybridized carbons (Fsp3) is 0.423. The van der Waals surface area contributed by atoms with Gasteiger partial charge in [0.05, 0.1) is 12.2 Å². The van der Waals surface area contributed by atoms with Crippen LogP contribution in [0.4, 0.5) is 0 Å². The van der Waals surface area contributed by atoms with Crippen molar-refractivity contribution in [2.75, 3.05) is 26.7 Å². The number of likely N-dealkylation sites (N-methyl/N-ethyl adjacent to an activating group) is 1. The molecule has 4 aromatic rings. The summed E-state index contributed by atoms with van der Waals surface area (Å²) in [5, 5.41) is 8.62. The number of aryl methyl sites for hydroxylation is 1. The van der Waals surface area contributed by atoms with Gasteiger partial charge in [-0.05, 0) is 73.5 Å². The van der Waals surface area contributed by atoms with E-state index in [-0.39, 0.29) is 5.91 Å². The minimum atomic E-state index is 0.198. The summed E-state index contributed by atoms with van der Waals surface area (Å²) in [6, 6.07) is 9.05. The van der Waals surface area contributed by atoms with Gasteiger partial charge in [0.25, 0.3) is 0 Å². The van der Waals surface area contributed by atoms with Gasteiger partial charge in [0.1, 0.15) is 6.33 Å². The molecule has 2 N–H and O–H groups in total. The molecule has 7 nitrogen and oxygen atoms in total. The van der Waals surface area contributed by atoms with Crippen LogP contribution in [-0.2, 0) is 4.79 Å². The van der Waals surface area contributed by atoms with Crippen molar-refractivity contribution in [3.63, 3.8) is 0 Å². The quantitative estimate of drug-likeness (QED) is 0.483. The molecule has 0 unspecified atom stereocenters. The van der Waals surface area contributed by atoms with Crippen LogP contribution in [0.25, 0.3) is 27.8 Å². The molecule has 1 fully saturated rings. The summed E-state index contributed by atoms with van der Waals surface area (Å²) < 4.78 is 1.86. The minimum Gasteiger partial charge on any atom is -0.354 e. The second kappa shape index (κ2) is 8.63. The molecule has 0 spiro atoms. The summed E-state index contributed by atoms with van der Waals surface area (Å²) >= 11 is 0. The fourth-order valence-electron chi connectivity index (χ4n) is 5.27. The topological polar surface area (TPSA) is 78.3 Å². The lowest BCUT2D eigenvalue weighted by molar-refractivity contribution is -0.131. The fourth-order valence-corrected chi connectivity index (χ4v) is 5.27. The number of nitrogens with one attached hydrogen (secondary N) is 2. The first kappa shape index (κ1) is 21.6. The number of aromatic nitrogens is 4.